The van der Waals surface area contributed by atoms with Crippen molar-refractivity contribution in [2.75, 3.05) is 6.54 Å². The van der Waals surface area contributed by atoms with E-state index in [-0.39, 0.29) is 18.1 Å². The van der Waals surface area contributed by atoms with Crippen molar-refractivity contribution < 1.29 is 19.1 Å². The number of carbonyl (C=O) groups excluding carboxylic acids is 1. The minimum absolute atomic E-state index is 0.00485. The van der Waals surface area contributed by atoms with Crippen LogP contribution in [0.15, 0.2) is 24.3 Å². The third-order valence-electron chi connectivity index (χ3n) is 3.10. The SMILES string of the molecule is CC(C)(CNC(=O)c1cc2cc(F)ccc2[nH]1)C(=O)O. The first kappa shape index (κ1) is 14.0. The highest BCUT2D eigenvalue weighted by Crippen LogP contribution is 2.17. The zero-order valence-corrected chi connectivity index (χ0v) is 11.2. The van der Waals surface area contributed by atoms with Gasteiger partial charge in [-0.1, -0.05) is 0 Å². The number of benzene rings is 1. The van der Waals surface area contributed by atoms with Gasteiger partial charge in [-0.15, -0.1) is 0 Å². The minimum Gasteiger partial charge on any atom is -0.481 e. The van der Waals surface area contributed by atoms with E-state index in [4.69, 9.17) is 5.11 Å². The third-order valence-corrected chi connectivity index (χ3v) is 3.10. The van der Waals surface area contributed by atoms with Crippen molar-refractivity contribution >= 4 is 22.8 Å². The minimum atomic E-state index is -1.05. The zero-order valence-electron chi connectivity index (χ0n) is 11.2. The number of aliphatic carboxylic acids is 1. The van der Waals surface area contributed by atoms with Crippen LogP contribution in [-0.2, 0) is 4.79 Å². The molecule has 0 aliphatic rings. The second-order valence-corrected chi connectivity index (χ2v) is 5.29. The maximum Gasteiger partial charge on any atom is 0.310 e. The summed E-state index contributed by atoms with van der Waals surface area (Å²) in [5.41, 5.74) is -0.130. The molecule has 3 N–H and O–H groups in total. The molecule has 20 heavy (non-hydrogen) atoms. The summed E-state index contributed by atoms with van der Waals surface area (Å²) in [6.07, 6.45) is 0. The predicted molar refractivity (Wildman–Crippen MR) is 72.0 cm³/mol. The number of hydrogen-bond acceptors (Lipinski definition) is 2. The lowest BCUT2D eigenvalue weighted by atomic mass is 9.94. The van der Waals surface area contributed by atoms with Gasteiger partial charge in [-0.3, -0.25) is 9.59 Å². The Kier molecular flexibility index (Phi) is 3.48. The van der Waals surface area contributed by atoms with Crippen LogP contribution in [-0.4, -0.2) is 28.5 Å². The van der Waals surface area contributed by atoms with E-state index < -0.39 is 17.3 Å². The van der Waals surface area contributed by atoms with E-state index in [2.05, 4.69) is 10.3 Å². The van der Waals surface area contributed by atoms with E-state index in [1.165, 1.54) is 32.0 Å². The first-order chi connectivity index (χ1) is 9.29. The van der Waals surface area contributed by atoms with E-state index in [0.29, 0.717) is 10.9 Å². The molecule has 1 aromatic carbocycles. The number of nitrogens with one attached hydrogen (secondary N) is 2. The Morgan fingerprint density at radius 1 is 1.35 bits per heavy atom. The Bertz CT molecular complexity index is 676. The van der Waals surface area contributed by atoms with Crippen molar-refractivity contribution in [1.29, 1.82) is 0 Å². The molecule has 1 aromatic heterocycles. The van der Waals surface area contributed by atoms with Crippen molar-refractivity contribution in [3.63, 3.8) is 0 Å². The molecule has 0 atom stereocenters. The lowest BCUT2D eigenvalue weighted by Gasteiger charge is -2.19. The summed E-state index contributed by atoms with van der Waals surface area (Å²) >= 11 is 0. The number of hydrogen-bond donors (Lipinski definition) is 3. The number of fused-ring (bicyclic) bond motifs is 1. The molecule has 6 heteroatoms. The van der Waals surface area contributed by atoms with Gasteiger partial charge in [-0.2, -0.15) is 0 Å². The van der Waals surface area contributed by atoms with Crippen LogP contribution in [0.1, 0.15) is 24.3 Å². The van der Waals surface area contributed by atoms with Crippen LogP contribution in [0.2, 0.25) is 0 Å². The summed E-state index contributed by atoms with van der Waals surface area (Å²) in [5.74, 6) is -1.79. The molecular weight excluding hydrogens is 263 g/mol. The summed E-state index contributed by atoms with van der Waals surface area (Å²) in [4.78, 5) is 25.7. The monoisotopic (exact) mass is 278 g/mol. The molecule has 0 unspecified atom stereocenters. The standard InChI is InChI=1S/C14H15FN2O3/c1-14(2,13(19)20)7-16-12(18)11-6-8-5-9(15)3-4-10(8)17-11/h3-6,17H,7H2,1-2H3,(H,16,18)(H,19,20). The van der Waals surface area contributed by atoms with Crippen molar-refractivity contribution in [2.45, 2.75) is 13.8 Å². The van der Waals surface area contributed by atoms with E-state index in [1.54, 1.807) is 6.07 Å². The van der Waals surface area contributed by atoms with E-state index in [9.17, 15) is 14.0 Å². The summed E-state index contributed by atoms with van der Waals surface area (Å²) in [6.45, 7) is 3.05. The summed E-state index contributed by atoms with van der Waals surface area (Å²) in [7, 11) is 0. The molecule has 0 fully saturated rings. The Morgan fingerprint density at radius 2 is 2.05 bits per heavy atom. The third kappa shape index (κ3) is 2.79. The fraction of sp³-hybridized carbons (Fsp3) is 0.286. The molecule has 0 radical (unpaired) electrons. The van der Waals surface area contributed by atoms with Crippen LogP contribution < -0.4 is 5.32 Å². The summed E-state index contributed by atoms with van der Waals surface area (Å²) in [6, 6.07) is 5.70. The quantitative estimate of drug-likeness (QED) is 0.801. The van der Waals surface area contributed by atoms with E-state index >= 15 is 0 Å². The average molecular weight is 278 g/mol. The summed E-state index contributed by atoms with van der Waals surface area (Å²) < 4.78 is 13.1. The van der Waals surface area contributed by atoms with Gasteiger partial charge in [0, 0.05) is 17.4 Å². The highest BCUT2D eigenvalue weighted by Gasteiger charge is 2.27. The molecule has 5 nitrogen and oxygen atoms in total. The number of rotatable bonds is 4. The predicted octanol–water partition coefficient (Wildman–Crippen LogP) is 2.15. The number of carboxylic acid groups (broad SMARTS) is 1. The first-order valence-electron chi connectivity index (χ1n) is 6.09. The van der Waals surface area contributed by atoms with Crippen molar-refractivity contribution in [3.8, 4) is 0 Å². The number of aromatic amines is 1. The number of carboxylic acids is 1. The van der Waals surface area contributed by atoms with E-state index in [0.717, 1.165) is 0 Å². The fourth-order valence-corrected chi connectivity index (χ4v) is 1.70. The number of amides is 1. The van der Waals surface area contributed by atoms with Gasteiger partial charge in [-0.05, 0) is 38.1 Å². The van der Waals surface area contributed by atoms with Crippen LogP contribution in [0, 0.1) is 11.2 Å². The number of H-pyrrole nitrogens is 1. The molecule has 0 spiro atoms. The maximum absolute atomic E-state index is 13.1. The van der Waals surface area contributed by atoms with Gasteiger partial charge >= 0.3 is 5.97 Å². The van der Waals surface area contributed by atoms with Gasteiger partial charge in [0.1, 0.15) is 11.5 Å². The van der Waals surface area contributed by atoms with Gasteiger partial charge in [0.05, 0.1) is 5.41 Å². The van der Waals surface area contributed by atoms with Crippen molar-refractivity contribution in [3.05, 3.63) is 35.8 Å². The number of aromatic nitrogens is 1. The van der Waals surface area contributed by atoms with Crippen LogP contribution in [0.3, 0.4) is 0 Å². The second-order valence-electron chi connectivity index (χ2n) is 5.29. The highest BCUT2D eigenvalue weighted by molar-refractivity contribution is 5.98. The average Bonchev–Trinajstić information content (AvgIpc) is 2.78. The normalized spacial score (nSPS) is 11.6. The van der Waals surface area contributed by atoms with Gasteiger partial charge < -0.3 is 15.4 Å². The molecule has 0 saturated heterocycles. The molecule has 106 valence electrons. The summed E-state index contributed by atoms with van der Waals surface area (Å²) in [5, 5.41) is 12.1. The fourth-order valence-electron chi connectivity index (χ4n) is 1.70. The Hall–Kier alpha value is -2.37. The lowest BCUT2D eigenvalue weighted by molar-refractivity contribution is -0.146. The molecular formula is C14H15FN2O3. The molecule has 1 amide bonds. The highest BCUT2D eigenvalue weighted by atomic mass is 19.1. The van der Waals surface area contributed by atoms with Gasteiger partial charge in [0.25, 0.3) is 5.91 Å². The van der Waals surface area contributed by atoms with Gasteiger partial charge in [0.2, 0.25) is 0 Å². The van der Waals surface area contributed by atoms with E-state index in [1.807, 2.05) is 0 Å². The van der Waals surface area contributed by atoms with Gasteiger partial charge in [-0.25, -0.2) is 4.39 Å². The van der Waals surface area contributed by atoms with Crippen LogP contribution in [0.4, 0.5) is 4.39 Å². The number of halogens is 1. The second kappa shape index (κ2) is 4.96. The molecule has 2 rings (SSSR count). The molecule has 0 aliphatic heterocycles. The topological polar surface area (TPSA) is 82.2 Å². The Balaban J connectivity index is 2.14. The largest absolute Gasteiger partial charge is 0.481 e. The first-order valence-corrected chi connectivity index (χ1v) is 6.09. The van der Waals surface area contributed by atoms with Gasteiger partial charge in [0.15, 0.2) is 0 Å². The van der Waals surface area contributed by atoms with Crippen LogP contribution in [0.5, 0.6) is 0 Å². The molecule has 1 heterocycles. The van der Waals surface area contributed by atoms with Crippen molar-refractivity contribution in [1.82, 2.24) is 10.3 Å². The Morgan fingerprint density at radius 3 is 2.70 bits per heavy atom. The smallest absolute Gasteiger partial charge is 0.310 e. The lowest BCUT2D eigenvalue weighted by Crippen LogP contribution is -2.39. The van der Waals surface area contributed by atoms with Crippen molar-refractivity contribution in [2.24, 2.45) is 5.41 Å². The Labute approximate surface area is 114 Å². The molecule has 0 bridgehead atoms. The molecule has 0 aliphatic carbocycles. The maximum atomic E-state index is 13.1. The van der Waals surface area contributed by atoms with Crippen LogP contribution in [0.25, 0.3) is 10.9 Å². The molecule has 0 saturated carbocycles. The molecule has 2 aromatic rings. The van der Waals surface area contributed by atoms with Crippen LogP contribution >= 0.6 is 0 Å². The number of carbonyl (C=O) groups is 2. The zero-order chi connectivity index (χ0) is 14.9.